The molecule has 1 heterocycles. The van der Waals surface area contributed by atoms with E-state index in [-0.39, 0.29) is 16.7 Å². The fourth-order valence-electron chi connectivity index (χ4n) is 3.22. The van der Waals surface area contributed by atoms with Crippen LogP contribution in [0.2, 0.25) is 0 Å². The molecule has 4 rings (SSSR count). The summed E-state index contributed by atoms with van der Waals surface area (Å²) in [5.41, 5.74) is 3.50. The van der Waals surface area contributed by atoms with Crippen LogP contribution < -0.4 is 5.43 Å². The number of carboxylic acid groups (broad SMARTS) is 1. The lowest BCUT2D eigenvalue weighted by molar-refractivity contribution is 0.0697. The van der Waals surface area contributed by atoms with Crippen molar-refractivity contribution >= 4 is 40.8 Å². The predicted molar refractivity (Wildman–Crippen MR) is 110 cm³/mol. The van der Waals surface area contributed by atoms with E-state index in [0.717, 1.165) is 0 Å². The summed E-state index contributed by atoms with van der Waals surface area (Å²) in [4.78, 5) is 27.8. The number of carbonyl (C=O) groups is 1. The van der Waals surface area contributed by atoms with E-state index in [1.165, 1.54) is 35.9 Å². The summed E-state index contributed by atoms with van der Waals surface area (Å²) in [6.45, 7) is 0. The first kappa shape index (κ1) is 17.8. The maximum Gasteiger partial charge on any atom is 0.336 e. The molecule has 0 radical (unpaired) electrons. The summed E-state index contributed by atoms with van der Waals surface area (Å²) in [5, 5.41) is 20.2. The lowest BCUT2D eigenvalue weighted by Gasteiger charge is -2.17. The maximum absolute atomic E-state index is 11.9. The molecule has 138 valence electrons. The summed E-state index contributed by atoms with van der Waals surface area (Å²) < 4.78 is 5.79. The molecule has 6 nitrogen and oxygen atoms in total. The Bertz CT molecular complexity index is 1290. The van der Waals surface area contributed by atoms with Crippen LogP contribution >= 0.6 is 12.6 Å². The van der Waals surface area contributed by atoms with Gasteiger partial charge in [-0.05, 0) is 42.0 Å². The SMILES string of the molecule is O=C(O)c1cc(N=CS)ccc1-c1c2ccc(=O)cc-2oc2cc(O)ccc12. The minimum Gasteiger partial charge on any atom is -0.508 e. The number of phenolic OH excluding ortho intramolecular Hbond substituents is 1. The average molecular weight is 391 g/mol. The van der Waals surface area contributed by atoms with Gasteiger partial charge in [-0.3, -0.25) is 9.79 Å². The Kier molecular flexibility index (Phi) is 4.37. The van der Waals surface area contributed by atoms with Crippen molar-refractivity contribution in [2.75, 3.05) is 0 Å². The van der Waals surface area contributed by atoms with Crippen LogP contribution in [0.3, 0.4) is 0 Å². The molecular formula is C21H13NO5S. The zero-order valence-electron chi connectivity index (χ0n) is 14.3. The molecule has 7 heteroatoms. The molecule has 0 saturated carbocycles. The van der Waals surface area contributed by atoms with Gasteiger partial charge in [0.25, 0.3) is 0 Å². The number of thiol groups is 1. The third-order valence-electron chi connectivity index (χ3n) is 4.39. The van der Waals surface area contributed by atoms with E-state index < -0.39 is 5.97 Å². The Morgan fingerprint density at radius 3 is 2.57 bits per heavy atom. The van der Waals surface area contributed by atoms with E-state index in [1.54, 1.807) is 24.3 Å². The average Bonchev–Trinajstić information content (AvgIpc) is 2.66. The third kappa shape index (κ3) is 3.01. The Labute approximate surface area is 164 Å². The number of carboxylic acids is 1. The van der Waals surface area contributed by atoms with Crippen molar-refractivity contribution in [1.82, 2.24) is 0 Å². The lowest BCUT2D eigenvalue weighted by Crippen LogP contribution is -2.03. The molecule has 0 saturated heterocycles. The van der Waals surface area contributed by atoms with Gasteiger partial charge in [0.2, 0.25) is 0 Å². The molecule has 0 bridgehead atoms. The summed E-state index contributed by atoms with van der Waals surface area (Å²) in [7, 11) is 0. The van der Waals surface area contributed by atoms with E-state index in [4.69, 9.17) is 4.42 Å². The molecule has 0 aromatic heterocycles. The topological polar surface area (TPSA) is 100 Å². The number of rotatable bonds is 3. The maximum atomic E-state index is 11.9. The Balaban J connectivity index is 2.16. The standard InChI is InChI=1S/C21H13NO5S/c23-12-2-5-15-18(8-12)27-19-9-13(24)3-6-16(19)20(15)14-4-1-11(22-10-28)7-17(14)21(25)26/h1-10,23H,(H,22,28)(H,25,26). The van der Waals surface area contributed by atoms with Crippen LogP contribution in [-0.2, 0) is 0 Å². The number of aliphatic imine (C=N–C) groups is 1. The van der Waals surface area contributed by atoms with Gasteiger partial charge in [-0.2, -0.15) is 0 Å². The van der Waals surface area contributed by atoms with Crippen LogP contribution in [0.1, 0.15) is 10.4 Å². The number of hydrogen-bond donors (Lipinski definition) is 3. The fourth-order valence-corrected chi connectivity index (χ4v) is 3.36. The van der Waals surface area contributed by atoms with Gasteiger partial charge in [-0.1, -0.05) is 6.07 Å². The van der Waals surface area contributed by atoms with Gasteiger partial charge in [-0.25, -0.2) is 4.79 Å². The zero-order chi connectivity index (χ0) is 19.8. The Morgan fingerprint density at radius 1 is 1.04 bits per heavy atom. The third-order valence-corrected chi connectivity index (χ3v) is 4.50. The molecule has 1 aliphatic heterocycles. The van der Waals surface area contributed by atoms with Crippen molar-refractivity contribution < 1.29 is 19.4 Å². The highest BCUT2D eigenvalue weighted by molar-refractivity contribution is 7.94. The molecule has 0 amide bonds. The predicted octanol–water partition coefficient (Wildman–Crippen LogP) is 4.56. The van der Waals surface area contributed by atoms with Gasteiger partial charge in [0.1, 0.15) is 17.1 Å². The highest BCUT2D eigenvalue weighted by Gasteiger charge is 2.22. The van der Waals surface area contributed by atoms with Crippen LogP contribution in [-0.4, -0.2) is 21.7 Å². The summed E-state index contributed by atoms with van der Waals surface area (Å²) in [6.07, 6.45) is 0. The first-order valence-electron chi connectivity index (χ1n) is 8.22. The number of benzene rings is 3. The smallest absolute Gasteiger partial charge is 0.336 e. The van der Waals surface area contributed by atoms with Crippen molar-refractivity contribution in [3.63, 3.8) is 0 Å². The second kappa shape index (κ2) is 6.86. The second-order valence-electron chi connectivity index (χ2n) is 6.10. The lowest BCUT2D eigenvalue weighted by atomic mass is 9.90. The van der Waals surface area contributed by atoms with Crippen LogP contribution in [0.4, 0.5) is 5.69 Å². The van der Waals surface area contributed by atoms with Crippen molar-refractivity contribution in [2.45, 2.75) is 0 Å². The van der Waals surface area contributed by atoms with Crippen molar-refractivity contribution in [3.05, 3.63) is 70.4 Å². The molecule has 2 aromatic carbocycles. The molecule has 0 spiro atoms. The van der Waals surface area contributed by atoms with Gasteiger partial charge in [0.15, 0.2) is 5.43 Å². The van der Waals surface area contributed by atoms with Crippen LogP contribution in [0, 0.1) is 0 Å². The number of aromatic carboxylic acids is 1. The molecule has 1 aliphatic carbocycles. The monoisotopic (exact) mass is 391 g/mol. The molecule has 2 aliphatic rings. The molecule has 2 N–H and O–H groups in total. The van der Waals surface area contributed by atoms with Crippen LogP contribution in [0.15, 0.2) is 68.8 Å². The minimum atomic E-state index is -1.12. The first-order valence-corrected chi connectivity index (χ1v) is 8.73. The Hall–Kier alpha value is -3.58. The number of nitrogens with zero attached hydrogens (tertiary/aromatic N) is 1. The van der Waals surface area contributed by atoms with Crippen LogP contribution in [0.5, 0.6) is 5.75 Å². The second-order valence-corrected chi connectivity index (χ2v) is 6.33. The fraction of sp³-hybridized carbons (Fsp3) is 0. The molecule has 0 atom stereocenters. The largest absolute Gasteiger partial charge is 0.508 e. The molecule has 0 unspecified atom stereocenters. The van der Waals surface area contributed by atoms with Gasteiger partial charge in [-0.15, -0.1) is 12.6 Å². The van der Waals surface area contributed by atoms with Crippen molar-refractivity contribution in [3.8, 4) is 28.2 Å². The number of aromatic hydroxyl groups is 1. The van der Waals surface area contributed by atoms with Crippen molar-refractivity contribution in [1.29, 1.82) is 0 Å². The quantitative estimate of drug-likeness (QED) is 0.206. The van der Waals surface area contributed by atoms with E-state index in [1.807, 2.05) is 0 Å². The molecule has 2 aromatic rings. The van der Waals surface area contributed by atoms with Gasteiger partial charge in [0, 0.05) is 28.6 Å². The van der Waals surface area contributed by atoms with Gasteiger partial charge < -0.3 is 14.6 Å². The van der Waals surface area contributed by atoms with E-state index in [9.17, 15) is 19.8 Å². The zero-order valence-corrected chi connectivity index (χ0v) is 15.2. The summed E-state index contributed by atoms with van der Waals surface area (Å²) in [6, 6.07) is 13.7. The molecular weight excluding hydrogens is 378 g/mol. The Morgan fingerprint density at radius 2 is 1.82 bits per heavy atom. The molecule has 28 heavy (non-hydrogen) atoms. The number of phenols is 1. The number of hydrogen-bond acceptors (Lipinski definition) is 5. The van der Waals surface area contributed by atoms with E-state index >= 15 is 0 Å². The summed E-state index contributed by atoms with van der Waals surface area (Å²) in [5.74, 6) is -0.821. The normalized spacial score (nSPS) is 11.5. The minimum absolute atomic E-state index is 0.00301. The molecule has 0 fully saturated rings. The number of fused-ring (bicyclic) bond motifs is 2. The van der Waals surface area contributed by atoms with E-state index in [2.05, 4.69) is 17.6 Å². The highest BCUT2D eigenvalue weighted by atomic mass is 32.1. The first-order chi connectivity index (χ1) is 13.5. The van der Waals surface area contributed by atoms with Crippen LogP contribution in [0.25, 0.3) is 33.4 Å². The van der Waals surface area contributed by atoms with E-state index in [0.29, 0.717) is 39.1 Å². The van der Waals surface area contributed by atoms with Gasteiger partial charge >= 0.3 is 5.97 Å². The highest BCUT2D eigenvalue weighted by Crippen LogP contribution is 2.42. The van der Waals surface area contributed by atoms with Crippen molar-refractivity contribution in [2.24, 2.45) is 4.99 Å². The van der Waals surface area contributed by atoms with Gasteiger partial charge in [0.05, 0.1) is 16.8 Å². The summed E-state index contributed by atoms with van der Waals surface area (Å²) >= 11 is 3.92.